The van der Waals surface area contributed by atoms with Crippen molar-refractivity contribution in [2.75, 3.05) is 6.61 Å². The van der Waals surface area contributed by atoms with Crippen molar-refractivity contribution in [3.05, 3.63) is 47.5 Å². The number of hydrogen-bond acceptors (Lipinski definition) is 3. The zero-order valence-electron chi connectivity index (χ0n) is 11.1. The predicted octanol–water partition coefficient (Wildman–Crippen LogP) is 1.96. The lowest BCUT2D eigenvalue weighted by atomic mass is 10.2. The Morgan fingerprint density at radius 3 is 3.00 bits per heavy atom. The zero-order chi connectivity index (χ0) is 14.4. The van der Waals surface area contributed by atoms with Gasteiger partial charge in [0.25, 0.3) is 0 Å². The summed E-state index contributed by atoms with van der Waals surface area (Å²) in [6, 6.07) is 4.12. The Labute approximate surface area is 116 Å². The molecule has 0 aliphatic rings. The van der Waals surface area contributed by atoms with Crippen LogP contribution >= 0.6 is 0 Å². The third kappa shape index (κ3) is 3.59. The van der Waals surface area contributed by atoms with E-state index in [1.807, 2.05) is 13.1 Å². The van der Waals surface area contributed by atoms with Gasteiger partial charge in [-0.1, -0.05) is 11.8 Å². The standard InChI is InChI=1S/C15H15FN2O2/c1-2-18-10-12(9-17-18)11-20-15-8-14(16)6-5-13(15)4-3-7-19/h5-6,8-10,19H,2,7,11H2,1H3. The average molecular weight is 274 g/mol. The molecule has 5 heteroatoms. The van der Waals surface area contributed by atoms with Crippen LogP contribution in [0.5, 0.6) is 5.75 Å². The molecule has 1 aromatic carbocycles. The molecule has 1 heterocycles. The van der Waals surface area contributed by atoms with Gasteiger partial charge in [0.05, 0.1) is 11.8 Å². The van der Waals surface area contributed by atoms with E-state index in [0.717, 1.165) is 12.1 Å². The van der Waals surface area contributed by atoms with Crippen LogP contribution in [0.2, 0.25) is 0 Å². The van der Waals surface area contributed by atoms with Gasteiger partial charge in [-0.3, -0.25) is 4.68 Å². The van der Waals surface area contributed by atoms with Crippen LogP contribution in [0.4, 0.5) is 4.39 Å². The molecule has 0 radical (unpaired) electrons. The van der Waals surface area contributed by atoms with Gasteiger partial charge >= 0.3 is 0 Å². The highest BCUT2D eigenvalue weighted by atomic mass is 19.1. The van der Waals surface area contributed by atoms with E-state index in [2.05, 4.69) is 16.9 Å². The fourth-order valence-electron chi connectivity index (χ4n) is 1.67. The second-order valence-corrected chi connectivity index (χ2v) is 4.09. The van der Waals surface area contributed by atoms with Crippen LogP contribution in [0, 0.1) is 17.7 Å². The number of aliphatic hydroxyl groups excluding tert-OH is 1. The van der Waals surface area contributed by atoms with Gasteiger partial charge in [0.1, 0.15) is 24.8 Å². The summed E-state index contributed by atoms with van der Waals surface area (Å²) in [6.45, 7) is 2.82. The first-order valence-corrected chi connectivity index (χ1v) is 6.26. The van der Waals surface area contributed by atoms with Gasteiger partial charge in [0.15, 0.2) is 0 Å². The minimum absolute atomic E-state index is 0.250. The number of benzene rings is 1. The molecular formula is C15H15FN2O2. The van der Waals surface area contributed by atoms with E-state index in [1.54, 1.807) is 10.9 Å². The highest BCUT2D eigenvalue weighted by molar-refractivity contribution is 5.46. The molecule has 2 aromatic rings. The first-order chi connectivity index (χ1) is 9.72. The summed E-state index contributed by atoms with van der Waals surface area (Å²) in [4.78, 5) is 0. The minimum Gasteiger partial charge on any atom is -0.487 e. The summed E-state index contributed by atoms with van der Waals surface area (Å²) < 4.78 is 20.6. The van der Waals surface area contributed by atoms with E-state index < -0.39 is 0 Å². The van der Waals surface area contributed by atoms with Gasteiger partial charge in [-0.2, -0.15) is 5.10 Å². The number of ether oxygens (including phenoxy) is 1. The highest BCUT2D eigenvalue weighted by Gasteiger charge is 2.05. The monoisotopic (exact) mass is 274 g/mol. The fourth-order valence-corrected chi connectivity index (χ4v) is 1.67. The normalized spacial score (nSPS) is 9.95. The molecule has 0 bridgehead atoms. The minimum atomic E-state index is -0.390. The molecule has 4 nitrogen and oxygen atoms in total. The molecule has 0 aliphatic carbocycles. The van der Waals surface area contributed by atoms with E-state index in [1.165, 1.54) is 18.2 Å². The van der Waals surface area contributed by atoms with E-state index in [4.69, 9.17) is 9.84 Å². The van der Waals surface area contributed by atoms with Gasteiger partial charge in [-0.15, -0.1) is 0 Å². The Bertz CT molecular complexity index is 641. The number of aryl methyl sites for hydroxylation is 1. The third-order valence-electron chi connectivity index (χ3n) is 2.65. The van der Waals surface area contributed by atoms with E-state index in [0.29, 0.717) is 11.3 Å². The molecule has 0 atom stereocenters. The van der Waals surface area contributed by atoms with Crippen LogP contribution in [0.1, 0.15) is 18.1 Å². The number of aromatic nitrogens is 2. The molecule has 2 rings (SSSR count). The maximum atomic E-state index is 13.3. The summed E-state index contributed by atoms with van der Waals surface area (Å²) in [5.41, 5.74) is 1.44. The molecule has 0 fully saturated rings. The summed E-state index contributed by atoms with van der Waals surface area (Å²) in [5, 5.41) is 12.8. The van der Waals surface area contributed by atoms with Gasteiger partial charge in [0.2, 0.25) is 0 Å². The van der Waals surface area contributed by atoms with E-state index in [-0.39, 0.29) is 19.0 Å². The van der Waals surface area contributed by atoms with Crippen LogP contribution < -0.4 is 4.74 Å². The molecule has 0 spiro atoms. The number of halogens is 1. The van der Waals surface area contributed by atoms with Crippen LogP contribution in [-0.2, 0) is 13.2 Å². The van der Waals surface area contributed by atoms with Crippen molar-refractivity contribution >= 4 is 0 Å². The topological polar surface area (TPSA) is 47.3 Å². The molecule has 0 saturated heterocycles. The Morgan fingerprint density at radius 1 is 1.45 bits per heavy atom. The summed E-state index contributed by atoms with van der Waals surface area (Å²) >= 11 is 0. The first-order valence-electron chi connectivity index (χ1n) is 6.26. The van der Waals surface area contributed by atoms with Gasteiger partial charge in [0, 0.05) is 24.4 Å². The van der Waals surface area contributed by atoms with Crippen LogP contribution in [-0.4, -0.2) is 21.5 Å². The van der Waals surface area contributed by atoms with Gasteiger partial charge < -0.3 is 9.84 Å². The van der Waals surface area contributed by atoms with Crippen molar-refractivity contribution in [2.45, 2.75) is 20.1 Å². The van der Waals surface area contributed by atoms with Gasteiger partial charge in [-0.25, -0.2) is 4.39 Å². The van der Waals surface area contributed by atoms with Crippen molar-refractivity contribution < 1.29 is 14.2 Å². The van der Waals surface area contributed by atoms with Crippen molar-refractivity contribution in [3.8, 4) is 17.6 Å². The highest BCUT2D eigenvalue weighted by Crippen LogP contribution is 2.20. The molecule has 104 valence electrons. The smallest absolute Gasteiger partial charge is 0.138 e. The molecular weight excluding hydrogens is 259 g/mol. The predicted molar refractivity (Wildman–Crippen MR) is 72.6 cm³/mol. The Morgan fingerprint density at radius 2 is 2.30 bits per heavy atom. The molecule has 0 amide bonds. The number of aliphatic hydroxyl groups is 1. The second kappa shape index (κ2) is 6.73. The zero-order valence-corrected chi connectivity index (χ0v) is 11.1. The molecule has 20 heavy (non-hydrogen) atoms. The Balaban J connectivity index is 2.13. The molecule has 1 N–H and O–H groups in total. The lowest BCUT2D eigenvalue weighted by molar-refractivity contribution is 0.303. The lowest BCUT2D eigenvalue weighted by Crippen LogP contribution is -1.97. The molecule has 1 aromatic heterocycles. The first kappa shape index (κ1) is 14.1. The number of nitrogens with zero attached hydrogens (tertiary/aromatic N) is 2. The molecule has 0 saturated carbocycles. The van der Waals surface area contributed by atoms with Crippen molar-refractivity contribution in [3.63, 3.8) is 0 Å². The fraction of sp³-hybridized carbons (Fsp3) is 0.267. The summed E-state index contributed by atoms with van der Waals surface area (Å²) in [7, 11) is 0. The van der Waals surface area contributed by atoms with E-state index >= 15 is 0 Å². The Hall–Kier alpha value is -2.32. The summed E-state index contributed by atoms with van der Waals surface area (Å²) in [5.74, 6) is 5.22. The maximum Gasteiger partial charge on any atom is 0.138 e. The third-order valence-corrected chi connectivity index (χ3v) is 2.65. The van der Waals surface area contributed by atoms with Crippen molar-refractivity contribution in [2.24, 2.45) is 0 Å². The molecule has 0 unspecified atom stereocenters. The van der Waals surface area contributed by atoms with E-state index in [9.17, 15) is 4.39 Å². The average Bonchev–Trinajstić information content (AvgIpc) is 2.92. The van der Waals surface area contributed by atoms with Crippen LogP contribution in [0.25, 0.3) is 0 Å². The molecule has 0 aliphatic heterocycles. The Kier molecular flexibility index (Phi) is 4.75. The van der Waals surface area contributed by atoms with Crippen LogP contribution in [0.3, 0.4) is 0 Å². The summed E-state index contributed by atoms with van der Waals surface area (Å²) in [6.07, 6.45) is 3.58. The van der Waals surface area contributed by atoms with Gasteiger partial charge in [-0.05, 0) is 19.1 Å². The number of rotatable bonds is 4. The largest absolute Gasteiger partial charge is 0.487 e. The lowest BCUT2D eigenvalue weighted by Gasteiger charge is -2.07. The second-order valence-electron chi connectivity index (χ2n) is 4.09. The SMILES string of the molecule is CCn1cc(COc2cc(F)ccc2C#CCO)cn1. The maximum absolute atomic E-state index is 13.3. The van der Waals surface area contributed by atoms with Crippen molar-refractivity contribution in [1.29, 1.82) is 0 Å². The van der Waals surface area contributed by atoms with Crippen molar-refractivity contribution in [1.82, 2.24) is 9.78 Å². The number of hydrogen-bond donors (Lipinski definition) is 1. The van der Waals surface area contributed by atoms with Crippen LogP contribution in [0.15, 0.2) is 30.6 Å². The quantitative estimate of drug-likeness (QED) is 0.867.